The highest BCUT2D eigenvalue weighted by molar-refractivity contribution is 5.79. The summed E-state index contributed by atoms with van der Waals surface area (Å²) in [5, 5.41) is 20.4. The fourth-order valence-corrected chi connectivity index (χ4v) is 4.03. The fourth-order valence-electron chi connectivity index (χ4n) is 4.03. The van der Waals surface area contributed by atoms with Crippen LogP contribution in [0.3, 0.4) is 0 Å². The van der Waals surface area contributed by atoms with Crippen molar-refractivity contribution >= 4 is 11.9 Å². The van der Waals surface area contributed by atoms with E-state index < -0.39 is 23.3 Å². The van der Waals surface area contributed by atoms with Crippen molar-refractivity contribution in [2.24, 2.45) is 5.41 Å². The van der Waals surface area contributed by atoms with E-state index in [0.717, 1.165) is 25.9 Å². The number of benzene rings is 1. The number of likely N-dealkylation sites (tertiary alicyclic amines) is 2. The Hall–Kier alpha value is -1.99. The zero-order chi connectivity index (χ0) is 18.7. The maximum atomic E-state index is 13.5. The number of hydrogen-bond acceptors (Lipinski definition) is 4. The number of carboxylic acid groups (broad SMARTS) is 1. The summed E-state index contributed by atoms with van der Waals surface area (Å²) in [5.74, 6) is -1.55. The average molecular weight is 364 g/mol. The summed E-state index contributed by atoms with van der Waals surface area (Å²) in [6, 6.07) is 5.79. The van der Waals surface area contributed by atoms with Crippen LogP contribution in [-0.2, 0) is 16.0 Å². The van der Waals surface area contributed by atoms with Crippen molar-refractivity contribution < 1.29 is 24.2 Å². The number of amides is 1. The topological polar surface area (TPSA) is 81.1 Å². The first-order chi connectivity index (χ1) is 12.4. The summed E-state index contributed by atoms with van der Waals surface area (Å²) in [7, 11) is 0. The van der Waals surface area contributed by atoms with Crippen LogP contribution in [0.5, 0.6) is 0 Å². The molecule has 2 fully saturated rings. The smallest absolute Gasteiger partial charge is 0.313 e. The molecule has 1 aromatic carbocycles. The Balaban J connectivity index is 1.76. The summed E-state index contributed by atoms with van der Waals surface area (Å²) in [6.45, 7) is 2.20. The third-order valence-corrected chi connectivity index (χ3v) is 5.51. The molecule has 6 nitrogen and oxygen atoms in total. The number of aliphatic hydroxyl groups excluding tert-OH is 1. The molecule has 2 aliphatic rings. The molecular weight excluding hydrogens is 339 g/mol. The second-order valence-corrected chi connectivity index (χ2v) is 7.37. The molecule has 0 bridgehead atoms. The van der Waals surface area contributed by atoms with Crippen molar-refractivity contribution in [1.82, 2.24) is 9.80 Å². The maximum Gasteiger partial charge on any atom is 0.313 e. The average Bonchev–Trinajstić information content (AvgIpc) is 3.12. The second kappa shape index (κ2) is 7.72. The summed E-state index contributed by atoms with van der Waals surface area (Å²) in [4.78, 5) is 28.1. The molecule has 0 unspecified atom stereocenters. The summed E-state index contributed by atoms with van der Waals surface area (Å²) < 4.78 is 13.5. The minimum Gasteiger partial charge on any atom is -0.481 e. The van der Waals surface area contributed by atoms with Crippen LogP contribution in [-0.4, -0.2) is 70.7 Å². The highest BCUT2D eigenvalue weighted by Crippen LogP contribution is 2.35. The number of rotatable bonds is 5. The van der Waals surface area contributed by atoms with Crippen molar-refractivity contribution in [3.63, 3.8) is 0 Å². The Kier molecular flexibility index (Phi) is 5.58. The third-order valence-electron chi connectivity index (χ3n) is 5.51. The van der Waals surface area contributed by atoms with Crippen molar-refractivity contribution in [2.45, 2.75) is 31.8 Å². The molecule has 3 rings (SSSR count). The van der Waals surface area contributed by atoms with E-state index in [1.807, 2.05) is 0 Å². The normalized spacial score (nSPS) is 26.8. The highest BCUT2D eigenvalue weighted by atomic mass is 19.1. The molecule has 2 saturated heterocycles. The molecule has 2 aliphatic heterocycles. The van der Waals surface area contributed by atoms with E-state index in [1.165, 1.54) is 18.2 Å². The second-order valence-electron chi connectivity index (χ2n) is 7.37. The lowest BCUT2D eigenvalue weighted by Gasteiger charge is -2.43. The first kappa shape index (κ1) is 18.8. The van der Waals surface area contributed by atoms with Gasteiger partial charge in [0.25, 0.3) is 0 Å². The lowest BCUT2D eigenvalue weighted by molar-refractivity contribution is -0.164. The number of carbonyl (C=O) groups excluding carboxylic acids is 1. The number of carboxylic acids is 1. The fraction of sp³-hybridized carbons (Fsp3) is 0.579. The summed E-state index contributed by atoms with van der Waals surface area (Å²) >= 11 is 0. The summed E-state index contributed by atoms with van der Waals surface area (Å²) in [6.07, 6.45) is 1.26. The Morgan fingerprint density at radius 1 is 1.23 bits per heavy atom. The molecule has 1 amide bonds. The molecule has 2 heterocycles. The van der Waals surface area contributed by atoms with Gasteiger partial charge in [0.2, 0.25) is 5.91 Å². The predicted molar refractivity (Wildman–Crippen MR) is 93.1 cm³/mol. The molecule has 142 valence electrons. The molecule has 0 radical (unpaired) electrons. The van der Waals surface area contributed by atoms with E-state index in [4.69, 9.17) is 0 Å². The first-order valence-corrected chi connectivity index (χ1v) is 9.07. The van der Waals surface area contributed by atoms with Gasteiger partial charge >= 0.3 is 5.97 Å². The molecule has 2 atom stereocenters. The lowest BCUT2D eigenvalue weighted by Crippen LogP contribution is -2.58. The van der Waals surface area contributed by atoms with Gasteiger partial charge in [0.15, 0.2) is 0 Å². The quantitative estimate of drug-likeness (QED) is 0.819. The molecule has 0 aliphatic carbocycles. The molecule has 1 aromatic rings. The van der Waals surface area contributed by atoms with Gasteiger partial charge in [-0.25, -0.2) is 4.39 Å². The van der Waals surface area contributed by atoms with Gasteiger partial charge in [-0.2, -0.15) is 0 Å². The Labute approximate surface area is 152 Å². The van der Waals surface area contributed by atoms with E-state index in [-0.39, 0.29) is 31.8 Å². The van der Waals surface area contributed by atoms with Gasteiger partial charge in [-0.15, -0.1) is 0 Å². The van der Waals surface area contributed by atoms with Crippen molar-refractivity contribution in [3.8, 4) is 0 Å². The van der Waals surface area contributed by atoms with Gasteiger partial charge in [0.1, 0.15) is 11.2 Å². The SMILES string of the molecule is O=C(CN1CC[C@H](O)[C@](Cc2cccc(F)c2)(C(=O)O)C1)N1CCCC1. The van der Waals surface area contributed by atoms with Gasteiger partial charge in [-0.05, 0) is 43.4 Å². The van der Waals surface area contributed by atoms with Gasteiger partial charge < -0.3 is 15.1 Å². The molecular formula is C19H25FN2O4. The van der Waals surface area contributed by atoms with Crippen LogP contribution >= 0.6 is 0 Å². The van der Waals surface area contributed by atoms with Crippen molar-refractivity contribution in [3.05, 3.63) is 35.6 Å². The largest absolute Gasteiger partial charge is 0.481 e. The molecule has 0 saturated carbocycles. The number of hydrogen-bond donors (Lipinski definition) is 2. The molecule has 2 N–H and O–H groups in total. The van der Waals surface area contributed by atoms with Crippen molar-refractivity contribution in [1.29, 1.82) is 0 Å². The van der Waals surface area contributed by atoms with Gasteiger partial charge in [0, 0.05) is 26.2 Å². The highest BCUT2D eigenvalue weighted by Gasteiger charge is 2.49. The van der Waals surface area contributed by atoms with Crippen LogP contribution < -0.4 is 0 Å². The third kappa shape index (κ3) is 3.88. The predicted octanol–water partition coefficient (Wildman–Crippen LogP) is 1.13. The van der Waals surface area contributed by atoms with E-state index in [1.54, 1.807) is 15.9 Å². The van der Waals surface area contributed by atoms with Crippen LogP contribution in [0.2, 0.25) is 0 Å². The zero-order valence-electron chi connectivity index (χ0n) is 14.7. The van der Waals surface area contributed by atoms with E-state index in [0.29, 0.717) is 12.1 Å². The first-order valence-electron chi connectivity index (χ1n) is 9.07. The number of piperidine rings is 1. The Morgan fingerprint density at radius 2 is 1.96 bits per heavy atom. The number of halogens is 1. The summed E-state index contributed by atoms with van der Waals surface area (Å²) in [5.41, 5.74) is -0.920. The standard InChI is InChI=1S/C19H25FN2O4/c20-15-5-3-4-14(10-15)11-19(18(25)26)13-21(9-6-16(19)23)12-17(24)22-7-1-2-8-22/h3-5,10,16,23H,1-2,6-9,11-13H2,(H,25,26)/t16-,19+/m0/s1. The molecule has 0 aromatic heterocycles. The van der Waals surface area contributed by atoms with Crippen LogP contribution in [0.25, 0.3) is 0 Å². The zero-order valence-corrected chi connectivity index (χ0v) is 14.7. The Morgan fingerprint density at radius 3 is 2.62 bits per heavy atom. The Bertz CT molecular complexity index is 677. The molecule has 26 heavy (non-hydrogen) atoms. The number of aliphatic carboxylic acids is 1. The van der Waals surface area contributed by atoms with Crippen molar-refractivity contribution in [2.75, 3.05) is 32.7 Å². The van der Waals surface area contributed by atoms with Gasteiger partial charge in [0.05, 0.1) is 12.6 Å². The molecule has 7 heteroatoms. The van der Waals surface area contributed by atoms with E-state index in [2.05, 4.69) is 0 Å². The number of aliphatic hydroxyl groups is 1. The minimum atomic E-state index is -1.45. The van der Waals surface area contributed by atoms with Crippen LogP contribution in [0, 0.1) is 11.2 Å². The number of carbonyl (C=O) groups is 2. The van der Waals surface area contributed by atoms with Gasteiger partial charge in [-0.1, -0.05) is 12.1 Å². The maximum absolute atomic E-state index is 13.5. The van der Waals surface area contributed by atoms with E-state index in [9.17, 15) is 24.2 Å². The van der Waals surface area contributed by atoms with Crippen LogP contribution in [0.1, 0.15) is 24.8 Å². The van der Waals surface area contributed by atoms with Gasteiger partial charge in [-0.3, -0.25) is 14.5 Å². The number of nitrogens with zero attached hydrogens (tertiary/aromatic N) is 2. The molecule has 0 spiro atoms. The lowest BCUT2D eigenvalue weighted by atomic mass is 9.73. The minimum absolute atomic E-state index is 0.00364. The van der Waals surface area contributed by atoms with E-state index >= 15 is 0 Å². The van der Waals surface area contributed by atoms with Crippen LogP contribution in [0.4, 0.5) is 4.39 Å². The van der Waals surface area contributed by atoms with Crippen LogP contribution in [0.15, 0.2) is 24.3 Å². The monoisotopic (exact) mass is 364 g/mol.